The lowest BCUT2D eigenvalue weighted by Gasteiger charge is -2.26. The Kier molecular flexibility index (Phi) is 5.75. The van der Waals surface area contributed by atoms with Gasteiger partial charge in [0.2, 0.25) is 0 Å². The van der Waals surface area contributed by atoms with Gasteiger partial charge in [-0.25, -0.2) is 9.69 Å². The summed E-state index contributed by atoms with van der Waals surface area (Å²) in [5.74, 6) is -0.803. The minimum Gasteiger partial charge on any atom is -0.488 e. The first kappa shape index (κ1) is 19.6. The van der Waals surface area contributed by atoms with Crippen molar-refractivity contribution in [2.75, 3.05) is 11.5 Å². The second-order valence-electron chi connectivity index (χ2n) is 6.09. The minimum absolute atomic E-state index is 0.132. The molecule has 2 aromatic carbocycles. The minimum atomic E-state index is -0.771. The Morgan fingerprint density at radius 3 is 2.64 bits per heavy atom. The fourth-order valence-corrected chi connectivity index (χ4v) is 3.21. The number of hydrogen-bond donors (Lipinski definition) is 1. The highest BCUT2D eigenvalue weighted by molar-refractivity contribution is 9.10. The molecule has 1 aliphatic rings. The molecular weight excluding hydrogens is 424 g/mol. The maximum absolute atomic E-state index is 12.9. The number of aryl methyl sites for hydroxylation is 1. The fourth-order valence-electron chi connectivity index (χ4n) is 2.70. The highest BCUT2D eigenvalue weighted by atomic mass is 79.9. The van der Waals surface area contributed by atoms with Crippen LogP contribution in [0.2, 0.25) is 0 Å². The number of imide groups is 2. The van der Waals surface area contributed by atoms with E-state index in [0.717, 1.165) is 10.5 Å². The fraction of sp³-hybridized carbons (Fsp3) is 0.0952. The molecule has 0 radical (unpaired) electrons. The Morgan fingerprint density at radius 2 is 1.96 bits per heavy atom. The van der Waals surface area contributed by atoms with Gasteiger partial charge in [0.15, 0.2) is 0 Å². The van der Waals surface area contributed by atoms with Gasteiger partial charge in [0.25, 0.3) is 11.8 Å². The van der Waals surface area contributed by atoms with Crippen molar-refractivity contribution in [3.63, 3.8) is 0 Å². The van der Waals surface area contributed by atoms with Gasteiger partial charge < -0.3 is 4.74 Å². The monoisotopic (exact) mass is 440 g/mol. The van der Waals surface area contributed by atoms with E-state index in [4.69, 9.17) is 4.74 Å². The highest BCUT2D eigenvalue weighted by Crippen LogP contribution is 2.28. The summed E-state index contributed by atoms with van der Waals surface area (Å²) in [5.41, 5.74) is 1.76. The Bertz CT molecular complexity index is 1010. The lowest BCUT2D eigenvalue weighted by Crippen LogP contribution is -2.54. The molecule has 1 aliphatic heterocycles. The zero-order valence-electron chi connectivity index (χ0n) is 15.1. The van der Waals surface area contributed by atoms with Crippen molar-refractivity contribution in [1.29, 1.82) is 0 Å². The molecule has 0 atom stereocenters. The molecule has 0 aromatic heterocycles. The van der Waals surface area contributed by atoms with Crippen molar-refractivity contribution < 1.29 is 19.1 Å². The summed E-state index contributed by atoms with van der Waals surface area (Å²) in [6.07, 6.45) is 3.07. The van der Waals surface area contributed by atoms with Crippen molar-refractivity contribution >= 4 is 45.5 Å². The van der Waals surface area contributed by atoms with Crippen molar-refractivity contribution in [1.82, 2.24) is 5.32 Å². The summed E-state index contributed by atoms with van der Waals surface area (Å²) < 4.78 is 6.15. The van der Waals surface area contributed by atoms with Gasteiger partial charge in [-0.15, -0.1) is 0 Å². The number of urea groups is 1. The third kappa shape index (κ3) is 4.04. The maximum atomic E-state index is 12.9. The van der Waals surface area contributed by atoms with E-state index in [-0.39, 0.29) is 5.57 Å². The lowest BCUT2D eigenvalue weighted by atomic mass is 10.1. The predicted molar refractivity (Wildman–Crippen MR) is 110 cm³/mol. The molecule has 0 bridgehead atoms. The molecule has 0 aliphatic carbocycles. The standard InChI is InChI=1S/C21H17BrN2O4/c1-3-9-28-18-8-7-14(12-17(18)22)11-16-19(25)23-21(27)24(20(16)26)15-6-4-5-13(2)10-15/h3-8,10-12H,1,9H2,2H3,(H,23,25,27)/b16-11+. The molecule has 28 heavy (non-hydrogen) atoms. The van der Waals surface area contributed by atoms with E-state index in [9.17, 15) is 14.4 Å². The van der Waals surface area contributed by atoms with Crippen LogP contribution in [-0.4, -0.2) is 24.5 Å². The van der Waals surface area contributed by atoms with E-state index in [1.807, 2.05) is 13.0 Å². The van der Waals surface area contributed by atoms with Crippen LogP contribution in [0.25, 0.3) is 6.08 Å². The number of carbonyl (C=O) groups is 3. The van der Waals surface area contributed by atoms with Crippen molar-refractivity contribution in [2.45, 2.75) is 6.92 Å². The van der Waals surface area contributed by atoms with Crippen molar-refractivity contribution in [3.05, 3.63) is 76.3 Å². The second kappa shape index (κ2) is 8.22. The van der Waals surface area contributed by atoms with Crippen LogP contribution in [0, 0.1) is 6.92 Å². The Morgan fingerprint density at radius 1 is 1.18 bits per heavy atom. The zero-order valence-corrected chi connectivity index (χ0v) is 16.7. The molecule has 1 heterocycles. The highest BCUT2D eigenvalue weighted by Gasteiger charge is 2.36. The third-order valence-electron chi connectivity index (χ3n) is 3.99. The van der Waals surface area contributed by atoms with Crippen LogP contribution in [0.3, 0.4) is 0 Å². The number of hydrogen-bond acceptors (Lipinski definition) is 4. The Hall–Kier alpha value is -3.19. The lowest BCUT2D eigenvalue weighted by molar-refractivity contribution is -0.122. The normalized spacial score (nSPS) is 15.6. The topological polar surface area (TPSA) is 75.7 Å². The number of amides is 4. The van der Waals surface area contributed by atoms with E-state index in [1.165, 1.54) is 6.08 Å². The van der Waals surface area contributed by atoms with E-state index in [0.29, 0.717) is 28.1 Å². The number of ether oxygens (including phenoxy) is 1. The number of benzene rings is 2. The summed E-state index contributed by atoms with van der Waals surface area (Å²) in [4.78, 5) is 38.3. The van der Waals surface area contributed by atoms with Gasteiger partial charge in [-0.2, -0.15) is 0 Å². The zero-order chi connectivity index (χ0) is 20.3. The quantitative estimate of drug-likeness (QED) is 0.433. The first-order valence-corrected chi connectivity index (χ1v) is 9.21. The summed E-state index contributed by atoms with van der Waals surface area (Å²) in [5, 5.41) is 2.21. The molecule has 0 spiro atoms. The third-order valence-corrected chi connectivity index (χ3v) is 4.60. The van der Waals surface area contributed by atoms with Crippen LogP contribution >= 0.6 is 15.9 Å². The van der Waals surface area contributed by atoms with E-state index in [2.05, 4.69) is 27.8 Å². The Labute approximate surface area is 170 Å². The number of rotatable bonds is 5. The molecule has 1 saturated heterocycles. The van der Waals surface area contributed by atoms with Crippen LogP contribution < -0.4 is 15.0 Å². The largest absolute Gasteiger partial charge is 0.488 e. The smallest absolute Gasteiger partial charge is 0.335 e. The summed E-state index contributed by atoms with van der Waals surface area (Å²) in [7, 11) is 0. The molecule has 1 N–H and O–H groups in total. The van der Waals surface area contributed by atoms with Gasteiger partial charge in [0.05, 0.1) is 10.2 Å². The number of nitrogens with zero attached hydrogens (tertiary/aromatic N) is 1. The number of anilines is 1. The SMILES string of the molecule is C=CCOc1ccc(/C=C2\C(=O)NC(=O)N(c3cccc(C)c3)C2=O)cc1Br. The molecule has 2 aromatic rings. The van der Waals surface area contributed by atoms with Crippen LogP contribution in [0.1, 0.15) is 11.1 Å². The van der Waals surface area contributed by atoms with Gasteiger partial charge in [-0.1, -0.05) is 30.9 Å². The van der Waals surface area contributed by atoms with Gasteiger partial charge >= 0.3 is 6.03 Å². The first-order valence-electron chi connectivity index (χ1n) is 8.42. The van der Waals surface area contributed by atoms with Crippen LogP contribution in [0.15, 0.2) is 65.2 Å². The summed E-state index contributed by atoms with van der Waals surface area (Å²) in [6, 6.07) is 11.3. The van der Waals surface area contributed by atoms with Crippen molar-refractivity contribution in [3.8, 4) is 5.75 Å². The average Bonchev–Trinajstić information content (AvgIpc) is 2.64. The van der Waals surface area contributed by atoms with Crippen LogP contribution in [0.4, 0.5) is 10.5 Å². The second-order valence-corrected chi connectivity index (χ2v) is 6.94. The molecule has 0 saturated carbocycles. The van der Waals surface area contributed by atoms with Crippen LogP contribution in [-0.2, 0) is 9.59 Å². The van der Waals surface area contributed by atoms with Gasteiger partial charge in [-0.3, -0.25) is 14.9 Å². The average molecular weight is 441 g/mol. The van der Waals surface area contributed by atoms with Crippen LogP contribution in [0.5, 0.6) is 5.75 Å². The summed E-state index contributed by atoms with van der Waals surface area (Å²) in [6.45, 7) is 5.80. The number of carbonyl (C=O) groups excluding carboxylic acids is 3. The number of nitrogens with one attached hydrogen (secondary N) is 1. The molecule has 4 amide bonds. The molecule has 142 valence electrons. The molecule has 0 unspecified atom stereocenters. The van der Waals surface area contributed by atoms with Crippen molar-refractivity contribution in [2.24, 2.45) is 0 Å². The Balaban J connectivity index is 1.95. The number of halogens is 1. The molecule has 6 nitrogen and oxygen atoms in total. The molecule has 3 rings (SSSR count). The van der Waals surface area contributed by atoms with E-state index in [1.54, 1.807) is 42.5 Å². The predicted octanol–water partition coefficient (Wildman–Crippen LogP) is 3.99. The summed E-state index contributed by atoms with van der Waals surface area (Å²) >= 11 is 3.40. The van der Waals surface area contributed by atoms with Gasteiger partial charge in [-0.05, 0) is 64.3 Å². The molecule has 1 fully saturated rings. The first-order chi connectivity index (χ1) is 13.4. The molecular formula is C21H17BrN2O4. The number of barbiturate groups is 1. The maximum Gasteiger partial charge on any atom is 0.335 e. The van der Waals surface area contributed by atoms with Gasteiger partial charge in [0, 0.05) is 0 Å². The van der Waals surface area contributed by atoms with E-state index < -0.39 is 17.8 Å². The van der Waals surface area contributed by atoms with E-state index >= 15 is 0 Å². The van der Waals surface area contributed by atoms with Gasteiger partial charge in [0.1, 0.15) is 17.9 Å². The molecule has 7 heteroatoms.